The summed E-state index contributed by atoms with van der Waals surface area (Å²) in [4.78, 5) is 2.47. The van der Waals surface area contributed by atoms with Crippen LogP contribution in [0.4, 0.5) is 5.69 Å². The van der Waals surface area contributed by atoms with Gasteiger partial charge in [-0.05, 0) is 80.6 Å². The Kier molecular flexibility index (Phi) is 6.59. The maximum Gasteiger partial charge on any atom is 0.0559 e. The van der Waals surface area contributed by atoms with Crippen LogP contribution in [-0.4, -0.2) is 12.1 Å². The van der Waals surface area contributed by atoms with Crippen LogP contribution in [0.1, 0.15) is 44.9 Å². The SMILES string of the molecule is NC1C=CC(N(c2ccccc2)C2C=CC([C@@H]3C=CC(C4C=CCCC4)CC3)=CC2)=CC1. The van der Waals surface area contributed by atoms with Crippen molar-refractivity contribution in [1.29, 1.82) is 0 Å². The number of nitrogens with zero attached hydrogens (tertiary/aromatic N) is 1. The molecule has 0 fully saturated rings. The van der Waals surface area contributed by atoms with E-state index in [1.165, 1.54) is 49.1 Å². The van der Waals surface area contributed by atoms with Gasteiger partial charge in [0, 0.05) is 23.3 Å². The van der Waals surface area contributed by atoms with E-state index in [9.17, 15) is 0 Å². The summed E-state index contributed by atoms with van der Waals surface area (Å²) in [5.41, 5.74) is 10.1. The van der Waals surface area contributed by atoms with Gasteiger partial charge in [0.05, 0.1) is 6.04 Å². The molecule has 1 aromatic rings. The molecule has 32 heavy (non-hydrogen) atoms. The largest absolute Gasteiger partial charge is 0.335 e. The molecule has 4 unspecified atom stereocenters. The van der Waals surface area contributed by atoms with Crippen LogP contribution in [0.2, 0.25) is 0 Å². The van der Waals surface area contributed by atoms with Crippen molar-refractivity contribution in [2.45, 2.75) is 57.0 Å². The van der Waals surface area contributed by atoms with Crippen molar-refractivity contribution >= 4 is 5.69 Å². The summed E-state index contributed by atoms with van der Waals surface area (Å²) < 4.78 is 0. The first-order chi connectivity index (χ1) is 15.8. The average molecular weight is 425 g/mol. The molecule has 4 aliphatic carbocycles. The highest BCUT2D eigenvalue weighted by Crippen LogP contribution is 2.37. The van der Waals surface area contributed by atoms with Gasteiger partial charge in [-0.25, -0.2) is 0 Å². The molecular formula is C30H36N2. The van der Waals surface area contributed by atoms with Gasteiger partial charge in [0.25, 0.3) is 0 Å². The molecule has 2 heteroatoms. The quantitative estimate of drug-likeness (QED) is 0.523. The van der Waals surface area contributed by atoms with E-state index < -0.39 is 0 Å². The van der Waals surface area contributed by atoms with Crippen molar-refractivity contribution in [3.8, 4) is 0 Å². The molecular weight excluding hydrogens is 388 g/mol. The molecule has 0 aromatic heterocycles. The van der Waals surface area contributed by atoms with Crippen molar-refractivity contribution in [2.75, 3.05) is 4.90 Å². The van der Waals surface area contributed by atoms with Crippen LogP contribution in [-0.2, 0) is 0 Å². The lowest BCUT2D eigenvalue weighted by atomic mass is 9.75. The number of anilines is 1. The summed E-state index contributed by atoms with van der Waals surface area (Å²) >= 11 is 0. The van der Waals surface area contributed by atoms with Crippen molar-refractivity contribution < 1.29 is 0 Å². The first-order valence-corrected chi connectivity index (χ1v) is 12.5. The molecule has 0 amide bonds. The fourth-order valence-electron chi connectivity index (χ4n) is 5.69. The maximum atomic E-state index is 6.09. The fourth-order valence-corrected chi connectivity index (χ4v) is 5.69. The highest BCUT2D eigenvalue weighted by atomic mass is 15.2. The van der Waals surface area contributed by atoms with E-state index in [0.29, 0.717) is 12.0 Å². The lowest BCUT2D eigenvalue weighted by Crippen LogP contribution is -2.35. The minimum atomic E-state index is 0.135. The van der Waals surface area contributed by atoms with E-state index >= 15 is 0 Å². The number of hydrogen-bond donors (Lipinski definition) is 1. The molecule has 5 atom stereocenters. The van der Waals surface area contributed by atoms with Crippen LogP contribution in [0.15, 0.2) is 102 Å². The van der Waals surface area contributed by atoms with Gasteiger partial charge >= 0.3 is 0 Å². The van der Waals surface area contributed by atoms with E-state index in [0.717, 1.165) is 24.7 Å². The van der Waals surface area contributed by atoms with Gasteiger partial charge in [-0.3, -0.25) is 0 Å². The highest BCUT2D eigenvalue weighted by molar-refractivity contribution is 5.58. The monoisotopic (exact) mass is 424 g/mol. The number of rotatable bonds is 5. The number of benzene rings is 1. The minimum absolute atomic E-state index is 0.135. The van der Waals surface area contributed by atoms with Crippen molar-refractivity contribution in [1.82, 2.24) is 0 Å². The summed E-state index contributed by atoms with van der Waals surface area (Å²) in [7, 11) is 0. The standard InChI is InChI=1S/C30H36N2/c31-27-17-21-30(22-18-27)32(28-9-5-2-6-10-28)29-19-15-26(16-20-29)25-13-11-24(12-14-25)23-7-3-1-4-8-23/h2-3,5-7,9-11,13,15-17,19,21-25,27,29H,1,4,8,12,14,18,20,31H2/t23?,24?,25-,27?,29?/m1/s1. The zero-order chi connectivity index (χ0) is 21.8. The molecule has 0 radical (unpaired) electrons. The second-order valence-corrected chi connectivity index (χ2v) is 9.72. The van der Waals surface area contributed by atoms with Crippen molar-refractivity contribution in [3.05, 3.63) is 102 Å². The lowest BCUT2D eigenvalue weighted by Gasteiger charge is -2.36. The van der Waals surface area contributed by atoms with E-state index in [2.05, 4.69) is 96.0 Å². The van der Waals surface area contributed by atoms with Gasteiger partial charge in [0.1, 0.15) is 0 Å². The normalized spacial score (nSPS) is 31.8. The third-order valence-corrected chi connectivity index (χ3v) is 7.53. The van der Waals surface area contributed by atoms with Crippen LogP contribution in [0, 0.1) is 17.8 Å². The molecule has 5 rings (SSSR count). The molecule has 0 heterocycles. The summed E-state index contributed by atoms with van der Waals surface area (Å²) in [6.45, 7) is 0. The van der Waals surface area contributed by atoms with Crippen LogP contribution < -0.4 is 10.6 Å². The Bertz CT molecular complexity index is 962. The van der Waals surface area contributed by atoms with Gasteiger partial charge in [-0.1, -0.05) is 72.9 Å². The van der Waals surface area contributed by atoms with Crippen LogP contribution in [0.3, 0.4) is 0 Å². The Labute approximate surface area is 193 Å². The number of nitrogens with two attached hydrogens (primary N) is 1. The topological polar surface area (TPSA) is 29.3 Å². The molecule has 1 aromatic carbocycles. The first kappa shape index (κ1) is 21.3. The zero-order valence-electron chi connectivity index (χ0n) is 19.0. The average Bonchev–Trinajstić information content (AvgIpc) is 2.87. The van der Waals surface area contributed by atoms with Crippen molar-refractivity contribution in [3.63, 3.8) is 0 Å². The summed E-state index contributed by atoms with van der Waals surface area (Å²) in [6.07, 6.45) is 32.3. The van der Waals surface area contributed by atoms with Gasteiger partial charge < -0.3 is 10.6 Å². The Morgan fingerprint density at radius 2 is 1.66 bits per heavy atom. The molecule has 0 aliphatic heterocycles. The van der Waals surface area contributed by atoms with Crippen LogP contribution >= 0.6 is 0 Å². The third kappa shape index (κ3) is 4.76. The molecule has 2 nitrogen and oxygen atoms in total. The van der Waals surface area contributed by atoms with Crippen molar-refractivity contribution in [2.24, 2.45) is 23.5 Å². The lowest BCUT2D eigenvalue weighted by molar-refractivity contribution is 0.365. The zero-order valence-corrected chi connectivity index (χ0v) is 19.0. The van der Waals surface area contributed by atoms with Gasteiger partial charge in [0.15, 0.2) is 0 Å². The fraction of sp³-hybridized carbons (Fsp3) is 0.400. The first-order valence-electron chi connectivity index (χ1n) is 12.5. The molecule has 0 spiro atoms. The van der Waals surface area contributed by atoms with Gasteiger partial charge in [0.2, 0.25) is 0 Å². The van der Waals surface area contributed by atoms with Gasteiger partial charge in [-0.2, -0.15) is 0 Å². The summed E-state index contributed by atoms with van der Waals surface area (Å²) in [5.74, 6) is 2.09. The highest BCUT2D eigenvalue weighted by Gasteiger charge is 2.26. The molecule has 0 saturated carbocycles. The Balaban J connectivity index is 1.28. The van der Waals surface area contributed by atoms with Crippen LogP contribution in [0.5, 0.6) is 0 Å². The number of para-hydroxylation sites is 1. The molecule has 166 valence electrons. The molecule has 4 aliphatic rings. The van der Waals surface area contributed by atoms with Crippen LogP contribution in [0.25, 0.3) is 0 Å². The summed E-state index contributed by atoms with van der Waals surface area (Å²) in [5, 5.41) is 0. The second kappa shape index (κ2) is 9.92. The van der Waals surface area contributed by atoms with E-state index in [4.69, 9.17) is 5.73 Å². The molecule has 0 bridgehead atoms. The van der Waals surface area contributed by atoms with Gasteiger partial charge in [-0.15, -0.1) is 0 Å². The Morgan fingerprint density at radius 3 is 2.31 bits per heavy atom. The predicted octanol–water partition coefficient (Wildman–Crippen LogP) is 6.86. The second-order valence-electron chi connectivity index (χ2n) is 9.72. The number of allylic oxidation sites excluding steroid dienone is 7. The van der Waals surface area contributed by atoms with E-state index in [1.54, 1.807) is 0 Å². The smallest absolute Gasteiger partial charge is 0.0559 e. The van der Waals surface area contributed by atoms with E-state index in [-0.39, 0.29) is 6.04 Å². The maximum absolute atomic E-state index is 6.09. The molecule has 0 saturated heterocycles. The Morgan fingerprint density at radius 1 is 0.781 bits per heavy atom. The summed E-state index contributed by atoms with van der Waals surface area (Å²) in [6, 6.07) is 11.2. The number of hydrogen-bond acceptors (Lipinski definition) is 2. The third-order valence-electron chi connectivity index (χ3n) is 7.53. The minimum Gasteiger partial charge on any atom is -0.335 e. The van der Waals surface area contributed by atoms with E-state index in [1.807, 2.05) is 0 Å². The molecule has 2 N–H and O–H groups in total. The Hall–Kier alpha value is -2.58. The predicted molar refractivity (Wildman–Crippen MR) is 136 cm³/mol.